The van der Waals surface area contributed by atoms with Crippen LogP contribution < -0.4 is 0 Å². The highest BCUT2D eigenvalue weighted by Crippen LogP contribution is 2.30. The van der Waals surface area contributed by atoms with Gasteiger partial charge in [-0.25, -0.2) is 9.36 Å². The number of aromatic nitrogens is 4. The lowest BCUT2D eigenvalue weighted by atomic mass is 10.1. The number of rotatable bonds is 7. The first-order chi connectivity index (χ1) is 11.7. The Kier molecular flexibility index (Phi) is 6.12. The second kappa shape index (κ2) is 7.76. The maximum absolute atomic E-state index is 4.99. The second-order valence-electron chi connectivity index (χ2n) is 8.38. The van der Waals surface area contributed by atoms with Crippen LogP contribution in [0, 0.1) is 0 Å². The lowest BCUT2D eigenvalue weighted by Gasteiger charge is -2.23. The average molecular weight is 345 g/mol. The van der Waals surface area contributed by atoms with Crippen molar-refractivity contribution in [3.05, 3.63) is 34.9 Å². The molecule has 4 heteroatoms. The van der Waals surface area contributed by atoms with Gasteiger partial charge in [-0.2, -0.15) is 10.2 Å². The largest absolute Gasteiger partial charge is 0.244 e. The Morgan fingerprint density at radius 2 is 1.04 bits per heavy atom. The highest BCUT2D eigenvalue weighted by Gasteiger charge is 2.24. The molecule has 0 spiro atoms. The summed E-state index contributed by atoms with van der Waals surface area (Å²) in [5, 5.41) is 9.98. The molecule has 0 unspecified atom stereocenters. The molecule has 0 radical (unpaired) electrons. The van der Waals surface area contributed by atoms with Crippen molar-refractivity contribution in [2.75, 3.05) is 0 Å². The third kappa shape index (κ3) is 3.99. The van der Waals surface area contributed by atoms with Crippen molar-refractivity contribution >= 4 is 0 Å². The Bertz CT molecular complexity index is 631. The Morgan fingerprint density at radius 3 is 1.28 bits per heavy atom. The van der Waals surface area contributed by atoms with Gasteiger partial charge in [0.1, 0.15) is 6.17 Å². The number of hydrogen-bond acceptors (Lipinski definition) is 2. The van der Waals surface area contributed by atoms with Crippen LogP contribution in [-0.2, 0) is 0 Å². The minimum Gasteiger partial charge on any atom is -0.244 e. The van der Waals surface area contributed by atoms with Crippen molar-refractivity contribution < 1.29 is 0 Å². The first-order valence-corrected chi connectivity index (χ1v) is 9.85. The Hall–Kier alpha value is -1.58. The molecule has 0 saturated heterocycles. The molecule has 0 amide bonds. The Balaban J connectivity index is 2.61. The van der Waals surface area contributed by atoms with Gasteiger partial charge >= 0.3 is 0 Å². The first kappa shape index (κ1) is 19.7. The van der Waals surface area contributed by atoms with Gasteiger partial charge in [-0.05, 0) is 42.2 Å². The van der Waals surface area contributed by atoms with Gasteiger partial charge in [-0.3, -0.25) is 0 Å². The van der Waals surface area contributed by atoms with Crippen molar-refractivity contribution in [1.82, 2.24) is 19.6 Å². The fourth-order valence-corrected chi connectivity index (χ4v) is 3.21. The molecule has 0 atom stereocenters. The maximum Gasteiger partial charge on any atom is 0.143 e. The fraction of sp³-hybridized carbons (Fsp3) is 0.714. The zero-order valence-corrected chi connectivity index (χ0v) is 17.5. The van der Waals surface area contributed by atoms with Gasteiger partial charge in [0, 0.05) is 11.4 Å². The molecule has 2 heterocycles. The molecule has 0 saturated carbocycles. The maximum atomic E-state index is 4.99. The van der Waals surface area contributed by atoms with Crippen molar-refractivity contribution in [3.63, 3.8) is 0 Å². The van der Waals surface area contributed by atoms with E-state index in [2.05, 4.69) is 83.8 Å². The van der Waals surface area contributed by atoms with E-state index in [-0.39, 0.29) is 6.17 Å². The summed E-state index contributed by atoms with van der Waals surface area (Å²) in [5.74, 6) is 1.75. The number of nitrogens with zero attached hydrogens (tertiary/aromatic N) is 4. The molecular formula is C21H36N4. The van der Waals surface area contributed by atoms with Crippen LogP contribution in [0.2, 0.25) is 0 Å². The van der Waals surface area contributed by atoms with Crippen LogP contribution in [0.3, 0.4) is 0 Å². The summed E-state index contributed by atoms with van der Waals surface area (Å²) < 4.78 is 4.45. The van der Waals surface area contributed by atoms with Gasteiger partial charge in [-0.15, -0.1) is 0 Å². The summed E-state index contributed by atoms with van der Waals surface area (Å²) in [4.78, 5) is 0. The third-order valence-electron chi connectivity index (χ3n) is 4.86. The minimum atomic E-state index is 0.134. The van der Waals surface area contributed by atoms with Crippen LogP contribution >= 0.6 is 0 Å². The van der Waals surface area contributed by atoms with E-state index in [1.807, 2.05) is 0 Å². The van der Waals surface area contributed by atoms with E-state index in [0.29, 0.717) is 23.7 Å². The predicted octanol–water partition coefficient (Wildman–Crippen LogP) is 6.03. The molecule has 2 aromatic heterocycles. The highest BCUT2D eigenvalue weighted by molar-refractivity contribution is 5.20. The van der Waals surface area contributed by atoms with Crippen LogP contribution in [0.15, 0.2) is 12.1 Å². The van der Waals surface area contributed by atoms with Gasteiger partial charge in [0.05, 0.1) is 11.4 Å². The van der Waals surface area contributed by atoms with Gasteiger partial charge in [0.25, 0.3) is 0 Å². The predicted molar refractivity (Wildman–Crippen MR) is 106 cm³/mol. The quantitative estimate of drug-likeness (QED) is 0.614. The van der Waals surface area contributed by atoms with E-state index in [4.69, 9.17) is 10.2 Å². The normalized spacial score (nSPS) is 12.6. The van der Waals surface area contributed by atoms with Crippen LogP contribution in [0.5, 0.6) is 0 Å². The third-order valence-corrected chi connectivity index (χ3v) is 4.86. The van der Waals surface area contributed by atoms with Crippen molar-refractivity contribution in [2.45, 2.75) is 98.6 Å². The molecule has 4 nitrogen and oxygen atoms in total. The second-order valence-corrected chi connectivity index (χ2v) is 8.38. The Morgan fingerprint density at radius 1 is 0.680 bits per heavy atom. The monoisotopic (exact) mass is 344 g/mol. The topological polar surface area (TPSA) is 35.6 Å². The minimum absolute atomic E-state index is 0.134. The summed E-state index contributed by atoms with van der Waals surface area (Å²) in [6.07, 6.45) is 1.10. The Labute approximate surface area is 153 Å². The van der Waals surface area contributed by atoms with Gasteiger partial charge in [0.2, 0.25) is 0 Å². The molecule has 0 aliphatic heterocycles. The van der Waals surface area contributed by atoms with Crippen LogP contribution in [0.4, 0.5) is 0 Å². The van der Waals surface area contributed by atoms with Crippen molar-refractivity contribution in [2.24, 2.45) is 0 Å². The summed E-state index contributed by atoms with van der Waals surface area (Å²) in [5.41, 5.74) is 4.94. The van der Waals surface area contributed by atoms with E-state index in [0.717, 1.165) is 6.42 Å². The van der Waals surface area contributed by atoms with E-state index in [1.165, 1.54) is 22.8 Å². The molecule has 0 aliphatic rings. The molecule has 2 rings (SSSR count). The molecule has 25 heavy (non-hydrogen) atoms. The van der Waals surface area contributed by atoms with Crippen LogP contribution in [0.1, 0.15) is 121 Å². The SMILES string of the molecule is CCC(n1nc(C(C)C)cc1C(C)C)n1nc(C(C)C)cc1C(C)C. The number of hydrogen-bond donors (Lipinski definition) is 0. The molecule has 0 bridgehead atoms. The molecule has 140 valence electrons. The molecular weight excluding hydrogens is 308 g/mol. The van der Waals surface area contributed by atoms with E-state index >= 15 is 0 Å². The lowest BCUT2D eigenvalue weighted by molar-refractivity contribution is 0.321. The standard InChI is InChI=1S/C21H36N4/c1-10-21(24-19(15(6)7)11-17(22-24)13(2)3)25-20(16(8)9)12-18(23-25)14(4)5/h11-16,21H,10H2,1-9H3. The summed E-state index contributed by atoms with van der Waals surface area (Å²) in [7, 11) is 0. The van der Waals surface area contributed by atoms with Gasteiger partial charge in [0.15, 0.2) is 0 Å². The van der Waals surface area contributed by atoms with Gasteiger partial charge in [-0.1, -0.05) is 62.3 Å². The van der Waals surface area contributed by atoms with Gasteiger partial charge < -0.3 is 0 Å². The summed E-state index contributed by atoms with van der Waals surface area (Å²) in [6, 6.07) is 4.56. The average Bonchev–Trinajstić information content (AvgIpc) is 3.13. The van der Waals surface area contributed by atoms with Crippen LogP contribution in [-0.4, -0.2) is 19.6 Å². The smallest absolute Gasteiger partial charge is 0.143 e. The van der Waals surface area contributed by atoms with Crippen molar-refractivity contribution in [1.29, 1.82) is 0 Å². The molecule has 0 aromatic carbocycles. The zero-order chi connectivity index (χ0) is 18.9. The van der Waals surface area contributed by atoms with Crippen LogP contribution in [0.25, 0.3) is 0 Å². The zero-order valence-electron chi connectivity index (χ0n) is 17.5. The molecule has 0 aliphatic carbocycles. The van der Waals surface area contributed by atoms with Crippen molar-refractivity contribution in [3.8, 4) is 0 Å². The van der Waals surface area contributed by atoms with E-state index < -0.39 is 0 Å². The summed E-state index contributed by atoms with van der Waals surface area (Å²) in [6.45, 7) is 20.1. The molecule has 0 fully saturated rings. The highest BCUT2D eigenvalue weighted by atomic mass is 15.5. The molecule has 2 aromatic rings. The first-order valence-electron chi connectivity index (χ1n) is 9.85. The fourth-order valence-electron chi connectivity index (χ4n) is 3.21. The van der Waals surface area contributed by atoms with E-state index in [1.54, 1.807) is 0 Å². The molecule has 0 N–H and O–H groups in total. The van der Waals surface area contributed by atoms with E-state index in [9.17, 15) is 0 Å². The lowest BCUT2D eigenvalue weighted by Crippen LogP contribution is -2.24. The summed E-state index contributed by atoms with van der Waals surface area (Å²) >= 11 is 0.